The monoisotopic (exact) mass is 272 g/mol. The molecule has 1 fully saturated rings. The first kappa shape index (κ1) is 15.8. The van der Waals surface area contributed by atoms with Gasteiger partial charge in [-0.25, -0.2) is 0 Å². The van der Waals surface area contributed by atoms with Crippen molar-refractivity contribution in [2.24, 2.45) is 5.41 Å². The fraction of sp³-hybridized carbons (Fsp3) is 0.929. The molecule has 4 heteroatoms. The Balaban J connectivity index is 2.69. The van der Waals surface area contributed by atoms with Crippen molar-refractivity contribution >= 4 is 17.7 Å². The summed E-state index contributed by atoms with van der Waals surface area (Å²) in [6.07, 6.45) is 1.78. The molecule has 0 N–H and O–H groups in total. The third-order valence-corrected chi connectivity index (χ3v) is 4.21. The Bertz CT molecular complexity index is 273. The van der Waals surface area contributed by atoms with E-state index in [1.54, 1.807) is 0 Å². The third kappa shape index (κ3) is 5.61. The second-order valence-electron chi connectivity index (χ2n) is 6.67. The van der Waals surface area contributed by atoms with Crippen LogP contribution >= 0.6 is 11.8 Å². The van der Waals surface area contributed by atoms with Gasteiger partial charge in [-0.3, -0.25) is 4.79 Å². The summed E-state index contributed by atoms with van der Waals surface area (Å²) >= 11 is 1.98. The van der Waals surface area contributed by atoms with Gasteiger partial charge in [-0.15, -0.1) is 0 Å². The van der Waals surface area contributed by atoms with Crippen LogP contribution in [-0.4, -0.2) is 60.4 Å². The van der Waals surface area contributed by atoms with Gasteiger partial charge in [0, 0.05) is 25.3 Å². The molecule has 0 aromatic rings. The second kappa shape index (κ2) is 6.80. The van der Waals surface area contributed by atoms with Crippen molar-refractivity contribution in [3.8, 4) is 0 Å². The summed E-state index contributed by atoms with van der Waals surface area (Å²) in [5.74, 6) is 2.59. The first-order valence-corrected chi connectivity index (χ1v) is 7.97. The van der Waals surface area contributed by atoms with Crippen LogP contribution in [0.15, 0.2) is 0 Å². The molecule has 0 spiro atoms. The topological polar surface area (TPSA) is 23.6 Å². The zero-order valence-corrected chi connectivity index (χ0v) is 13.3. The van der Waals surface area contributed by atoms with Gasteiger partial charge in [0.05, 0.1) is 6.04 Å². The lowest BCUT2D eigenvalue weighted by Crippen LogP contribution is -2.47. The zero-order chi connectivity index (χ0) is 13.8. The van der Waals surface area contributed by atoms with E-state index in [1.165, 1.54) is 5.75 Å². The van der Waals surface area contributed by atoms with Crippen LogP contribution in [0.25, 0.3) is 0 Å². The molecule has 0 aliphatic carbocycles. The van der Waals surface area contributed by atoms with Gasteiger partial charge in [0.1, 0.15) is 0 Å². The van der Waals surface area contributed by atoms with E-state index in [9.17, 15) is 4.79 Å². The molecule has 0 radical (unpaired) electrons. The normalized spacial score (nSPS) is 22.1. The molecule has 1 unspecified atom stereocenters. The number of likely N-dealkylation sites (N-methyl/N-ethyl adjacent to an activating group) is 1. The summed E-state index contributed by atoms with van der Waals surface area (Å²) < 4.78 is 0. The Labute approximate surface area is 116 Å². The standard InChI is InChI=1S/C14H28N2OS/c1-14(2,3)9-13(17)16-7-6-8-18-11-12(16)10-15(4)5/h12H,6-11H2,1-5H3. The highest BCUT2D eigenvalue weighted by Crippen LogP contribution is 2.23. The summed E-state index contributed by atoms with van der Waals surface area (Å²) in [5, 5.41) is 0. The molecule has 1 rings (SSSR count). The highest BCUT2D eigenvalue weighted by Gasteiger charge is 2.28. The molecule has 1 aliphatic heterocycles. The van der Waals surface area contributed by atoms with Crippen molar-refractivity contribution in [2.75, 3.05) is 38.7 Å². The fourth-order valence-electron chi connectivity index (χ4n) is 2.29. The molecule has 1 aliphatic rings. The average Bonchev–Trinajstić information content (AvgIpc) is 2.39. The van der Waals surface area contributed by atoms with Crippen molar-refractivity contribution in [3.63, 3.8) is 0 Å². The predicted molar refractivity (Wildman–Crippen MR) is 80.1 cm³/mol. The Morgan fingerprint density at radius 3 is 2.61 bits per heavy atom. The van der Waals surface area contributed by atoms with Gasteiger partial charge < -0.3 is 9.80 Å². The summed E-state index contributed by atoms with van der Waals surface area (Å²) in [6, 6.07) is 0.377. The van der Waals surface area contributed by atoms with Gasteiger partial charge in [-0.2, -0.15) is 11.8 Å². The van der Waals surface area contributed by atoms with Crippen molar-refractivity contribution in [3.05, 3.63) is 0 Å². The number of hydrogen-bond acceptors (Lipinski definition) is 3. The summed E-state index contributed by atoms with van der Waals surface area (Å²) in [7, 11) is 4.17. The largest absolute Gasteiger partial charge is 0.338 e. The number of amides is 1. The van der Waals surface area contributed by atoms with E-state index in [2.05, 4.69) is 44.7 Å². The Kier molecular flexibility index (Phi) is 5.99. The molecule has 0 saturated carbocycles. The average molecular weight is 272 g/mol. The highest BCUT2D eigenvalue weighted by molar-refractivity contribution is 7.99. The number of carbonyl (C=O) groups is 1. The molecule has 0 aromatic heterocycles. The van der Waals surface area contributed by atoms with Crippen LogP contribution in [0, 0.1) is 5.41 Å². The molecule has 1 heterocycles. The number of hydrogen-bond donors (Lipinski definition) is 0. The third-order valence-electron chi connectivity index (χ3n) is 3.02. The van der Waals surface area contributed by atoms with Crippen molar-refractivity contribution in [1.82, 2.24) is 9.80 Å². The van der Waals surface area contributed by atoms with E-state index >= 15 is 0 Å². The summed E-state index contributed by atoms with van der Waals surface area (Å²) in [4.78, 5) is 16.8. The number of rotatable bonds is 3. The predicted octanol–water partition coefficient (Wildman–Crippen LogP) is 2.32. The lowest BCUT2D eigenvalue weighted by Gasteiger charge is -2.33. The summed E-state index contributed by atoms with van der Waals surface area (Å²) in [5.41, 5.74) is 0.0825. The summed E-state index contributed by atoms with van der Waals surface area (Å²) in [6.45, 7) is 8.32. The Morgan fingerprint density at radius 2 is 2.06 bits per heavy atom. The van der Waals surface area contributed by atoms with E-state index in [1.807, 2.05) is 11.8 Å². The van der Waals surface area contributed by atoms with E-state index in [0.29, 0.717) is 18.4 Å². The lowest BCUT2D eigenvalue weighted by molar-refractivity contribution is -0.135. The van der Waals surface area contributed by atoms with E-state index in [4.69, 9.17) is 0 Å². The van der Waals surface area contributed by atoms with Crippen LogP contribution in [0.3, 0.4) is 0 Å². The molecule has 106 valence electrons. The SMILES string of the molecule is CN(C)CC1CSCCCN1C(=O)CC(C)(C)C. The smallest absolute Gasteiger partial charge is 0.223 e. The molecule has 3 nitrogen and oxygen atoms in total. The van der Waals surface area contributed by atoms with Gasteiger partial charge in [0.25, 0.3) is 0 Å². The van der Waals surface area contributed by atoms with Gasteiger partial charge in [0.15, 0.2) is 0 Å². The molecule has 1 saturated heterocycles. The Hall–Kier alpha value is -0.220. The van der Waals surface area contributed by atoms with Crippen LogP contribution in [0.4, 0.5) is 0 Å². The lowest BCUT2D eigenvalue weighted by atomic mass is 9.91. The maximum absolute atomic E-state index is 12.5. The quantitative estimate of drug-likeness (QED) is 0.788. The molecule has 18 heavy (non-hydrogen) atoms. The minimum atomic E-state index is 0.0825. The molecule has 0 bridgehead atoms. The molecule has 1 atom stereocenters. The zero-order valence-electron chi connectivity index (χ0n) is 12.5. The van der Waals surface area contributed by atoms with Crippen LogP contribution in [0.2, 0.25) is 0 Å². The number of nitrogens with zero attached hydrogens (tertiary/aromatic N) is 2. The fourth-order valence-corrected chi connectivity index (χ4v) is 3.34. The molecule has 0 aromatic carbocycles. The van der Waals surface area contributed by atoms with Gasteiger partial charge in [-0.05, 0) is 31.7 Å². The van der Waals surface area contributed by atoms with Gasteiger partial charge >= 0.3 is 0 Å². The molecular formula is C14H28N2OS. The van der Waals surface area contributed by atoms with E-state index in [-0.39, 0.29) is 5.41 Å². The van der Waals surface area contributed by atoms with Crippen molar-refractivity contribution in [1.29, 1.82) is 0 Å². The van der Waals surface area contributed by atoms with Gasteiger partial charge in [0.2, 0.25) is 5.91 Å². The van der Waals surface area contributed by atoms with Crippen LogP contribution in [-0.2, 0) is 4.79 Å². The van der Waals surface area contributed by atoms with Crippen molar-refractivity contribution in [2.45, 2.75) is 39.7 Å². The van der Waals surface area contributed by atoms with Crippen LogP contribution in [0.5, 0.6) is 0 Å². The van der Waals surface area contributed by atoms with Crippen LogP contribution < -0.4 is 0 Å². The number of carbonyl (C=O) groups excluding carboxylic acids is 1. The molecular weight excluding hydrogens is 244 g/mol. The first-order valence-electron chi connectivity index (χ1n) is 6.81. The highest BCUT2D eigenvalue weighted by atomic mass is 32.2. The maximum Gasteiger partial charge on any atom is 0.223 e. The van der Waals surface area contributed by atoms with E-state index in [0.717, 1.165) is 25.3 Å². The maximum atomic E-state index is 12.5. The van der Waals surface area contributed by atoms with Crippen LogP contribution in [0.1, 0.15) is 33.6 Å². The minimum Gasteiger partial charge on any atom is -0.338 e. The molecule has 1 amide bonds. The second-order valence-corrected chi connectivity index (χ2v) is 7.82. The minimum absolute atomic E-state index is 0.0825. The van der Waals surface area contributed by atoms with Gasteiger partial charge in [-0.1, -0.05) is 20.8 Å². The first-order chi connectivity index (χ1) is 8.29. The number of thioether (sulfide) groups is 1. The van der Waals surface area contributed by atoms with Crippen molar-refractivity contribution < 1.29 is 4.79 Å². The Morgan fingerprint density at radius 1 is 1.39 bits per heavy atom. The van der Waals surface area contributed by atoms with E-state index < -0.39 is 0 Å².